The third-order valence-electron chi connectivity index (χ3n) is 18.8. The van der Waals surface area contributed by atoms with Gasteiger partial charge in [-0.05, 0) is 65.3 Å². The molecule has 0 bridgehead atoms. The molecular weight excluding hydrogens is 756 g/mol. The lowest BCUT2D eigenvalue weighted by Gasteiger charge is -2.32. The van der Waals surface area contributed by atoms with Gasteiger partial charge in [0.2, 0.25) is 0 Å². The van der Waals surface area contributed by atoms with Crippen molar-refractivity contribution in [2.45, 2.75) is 0 Å². The Morgan fingerprint density at radius 3 is 0.769 bits per heavy atom. The van der Waals surface area contributed by atoms with Gasteiger partial charge >= 0.3 is 0 Å². The Bertz CT molecular complexity index is 3740. The van der Waals surface area contributed by atoms with E-state index in [2.05, 4.69) is 188 Å². The van der Waals surface area contributed by atoms with Crippen molar-refractivity contribution >= 4 is 384 Å². The van der Waals surface area contributed by atoms with Gasteiger partial charge in [-0.25, -0.2) is 0 Å². The summed E-state index contributed by atoms with van der Waals surface area (Å²) in [4.78, 5) is 0. The van der Waals surface area contributed by atoms with Crippen molar-refractivity contribution in [2.75, 3.05) is 0 Å². The zero-order valence-corrected chi connectivity index (χ0v) is 44.4. The summed E-state index contributed by atoms with van der Waals surface area (Å²) in [5.74, 6) is 0. The van der Waals surface area contributed by atoms with Gasteiger partial charge in [-0.2, -0.15) is 0 Å². The number of rotatable bonds is 2. The van der Waals surface area contributed by atoms with E-state index in [0.717, 1.165) is 11.2 Å². The van der Waals surface area contributed by atoms with Crippen LogP contribution in [0.5, 0.6) is 0 Å². The van der Waals surface area contributed by atoms with Gasteiger partial charge in [0.25, 0.3) is 0 Å². The van der Waals surface area contributed by atoms with Gasteiger partial charge in [-0.15, -0.1) is 43.7 Å². The fraction of sp³-hybridized carbons (Fsp3) is 0. The summed E-state index contributed by atoms with van der Waals surface area (Å²) in [6.07, 6.45) is 0. The molecule has 0 fully saturated rings. The monoisotopic (exact) mass is 809 g/mol. The van der Waals surface area contributed by atoms with E-state index in [0.29, 0.717) is 0 Å². The summed E-state index contributed by atoms with van der Waals surface area (Å²) in [6, 6.07) is 0. The van der Waals surface area contributed by atoms with E-state index in [9.17, 15) is 0 Å². The van der Waals surface area contributed by atoms with E-state index in [1.165, 1.54) is 207 Å². The number of benzene rings is 8. The summed E-state index contributed by atoms with van der Waals surface area (Å²) < 4.78 is 7.05. The van der Waals surface area contributed by atoms with Gasteiger partial charge in [0.05, 0.1) is 0 Å². The molecule has 0 amide bonds. The lowest BCUT2D eigenvalue weighted by atomic mass is 9.56. The van der Waals surface area contributed by atoms with Crippen molar-refractivity contribution in [3.63, 3.8) is 0 Å². The molecule has 0 spiro atoms. The van der Waals surface area contributed by atoms with Crippen molar-refractivity contribution in [2.24, 2.45) is 0 Å². The highest BCUT2D eigenvalue weighted by Crippen LogP contribution is 2.41. The minimum atomic E-state index is 1.03. The van der Waals surface area contributed by atoms with Crippen LogP contribution in [0.1, 0.15) is 0 Å². The Hall–Kier alpha value is -3.84. The smallest absolute Gasteiger partial charge is 0.143 e. The summed E-state index contributed by atoms with van der Waals surface area (Å²) in [7, 11) is 56.7. The summed E-state index contributed by atoms with van der Waals surface area (Å²) >= 11 is 0. The largest absolute Gasteiger partial charge is 0.457 e. The van der Waals surface area contributed by atoms with E-state index in [1.54, 1.807) is 0 Å². The molecule has 9 aromatic rings. The fourth-order valence-electron chi connectivity index (χ4n) is 13.0. The maximum atomic E-state index is 7.05. The van der Waals surface area contributed by atoms with Crippen molar-refractivity contribution in [3.05, 3.63) is 0 Å². The molecule has 0 aliphatic rings. The molecule has 25 heteroatoms. The first-order valence-electron chi connectivity index (χ1n) is 24.2. The van der Waals surface area contributed by atoms with Crippen molar-refractivity contribution in [1.82, 2.24) is 0 Å². The molecule has 1 nitrogen and oxygen atoms in total. The molecule has 8 aromatic carbocycles. The third-order valence-corrected chi connectivity index (χ3v) is 18.8. The van der Waals surface area contributed by atoms with Gasteiger partial charge in [0.15, 0.2) is 0 Å². The van der Waals surface area contributed by atoms with Crippen LogP contribution in [-0.2, 0) is 0 Å². The van der Waals surface area contributed by atoms with Crippen LogP contribution in [0.4, 0.5) is 0 Å². The summed E-state index contributed by atoms with van der Waals surface area (Å²) in [5, 5.41) is 13.9. The SMILES string of the molecule is Bc1c(B)c(B)c2c(oc3c(B)c(B)c(-c4c5c(B)c(B)c(B)c(B)c5c(-c5c(B)c(B)c(B)c6c5c(B)c(B)c5c(B)c(B)c(B)c(B)c56)c5c(B)c(B)c(B)c(B)c45)c(B)c32)c1B. The van der Waals surface area contributed by atoms with Crippen molar-refractivity contribution in [3.8, 4) is 22.3 Å². The highest BCUT2D eigenvalue weighted by molar-refractivity contribution is 6.77. The van der Waals surface area contributed by atoms with Crippen LogP contribution in [-0.4, -0.2) is 188 Å². The molecular formula is C40H48B24O. The van der Waals surface area contributed by atoms with Crippen LogP contribution in [0.25, 0.3) is 87.3 Å². The predicted octanol–water partition coefficient (Wildman–Crippen LogP) is -30.3. The lowest BCUT2D eigenvalue weighted by molar-refractivity contribution is 0.675. The molecule has 0 unspecified atom stereocenters. The summed E-state index contributed by atoms with van der Waals surface area (Å²) in [6.45, 7) is 0. The van der Waals surface area contributed by atoms with Gasteiger partial charge in [0, 0.05) is 10.8 Å². The Morgan fingerprint density at radius 2 is 0.354 bits per heavy atom. The van der Waals surface area contributed by atoms with Gasteiger partial charge in [0.1, 0.15) is 199 Å². The lowest BCUT2D eigenvalue weighted by Crippen LogP contribution is -2.52. The van der Waals surface area contributed by atoms with E-state index in [4.69, 9.17) is 4.42 Å². The molecule has 0 radical (unpaired) electrons. The maximum absolute atomic E-state index is 7.05. The van der Waals surface area contributed by atoms with Crippen LogP contribution in [0, 0.1) is 0 Å². The number of furan rings is 1. The molecule has 0 saturated heterocycles. The minimum Gasteiger partial charge on any atom is -0.457 e. The van der Waals surface area contributed by atoms with Crippen molar-refractivity contribution in [1.29, 1.82) is 0 Å². The average molecular weight is 804 g/mol. The Balaban J connectivity index is 1.67. The van der Waals surface area contributed by atoms with E-state index >= 15 is 0 Å². The number of hydrogen-bond donors (Lipinski definition) is 0. The number of hydrogen-bond acceptors (Lipinski definition) is 1. The van der Waals surface area contributed by atoms with Crippen LogP contribution in [0.3, 0.4) is 0 Å². The topological polar surface area (TPSA) is 13.1 Å². The van der Waals surface area contributed by atoms with E-state index in [-0.39, 0.29) is 0 Å². The molecule has 0 N–H and O–H groups in total. The summed E-state index contributed by atoms with van der Waals surface area (Å²) in [5.41, 5.74) is 40.5. The van der Waals surface area contributed by atoms with E-state index < -0.39 is 0 Å². The Labute approximate surface area is 408 Å². The molecule has 65 heavy (non-hydrogen) atoms. The van der Waals surface area contributed by atoms with Crippen LogP contribution in [0.15, 0.2) is 4.42 Å². The van der Waals surface area contributed by atoms with Gasteiger partial charge < -0.3 is 4.42 Å². The minimum absolute atomic E-state index is 1.03. The molecule has 0 saturated carbocycles. The first-order chi connectivity index (χ1) is 30.3. The Morgan fingerprint density at radius 1 is 0.138 bits per heavy atom. The third kappa shape index (κ3) is 5.75. The molecule has 0 aliphatic heterocycles. The average Bonchev–Trinajstić information content (AvgIpc) is 3.69. The second kappa shape index (κ2) is 15.3. The molecule has 1 heterocycles. The zero-order valence-electron chi connectivity index (χ0n) is 44.4. The first-order valence-corrected chi connectivity index (χ1v) is 24.2. The second-order valence-electron chi connectivity index (χ2n) is 21.0. The Kier molecular flexibility index (Phi) is 10.9. The highest BCUT2D eigenvalue weighted by atomic mass is 16.3. The maximum Gasteiger partial charge on any atom is 0.143 e. The standard InChI is InChI=1S/C40H48B24O/c41-15-11(26(52)37(63)39-13(15)14-27(53)35(61)36(62)38(64)40(14)65-39)2-6-3(18(44)29(55)31(57)20(6)46)1(4-7(2)21(47)32(58)30(56)19(4)45)5-8-9(22(48)28(54)17(5)43)10-12(24(50)16(8)42)25(51)34(60)33(59)23(10)49/h41-64H2. The van der Waals surface area contributed by atoms with Gasteiger partial charge in [-0.3, -0.25) is 0 Å². The highest BCUT2D eigenvalue weighted by Gasteiger charge is 2.31. The molecule has 0 aliphatic carbocycles. The molecule has 1 aromatic heterocycles. The first kappa shape index (κ1) is 46.3. The molecule has 286 valence electrons. The quantitative estimate of drug-likeness (QED) is 0.0964. The normalized spacial score (nSPS) is 11.9. The van der Waals surface area contributed by atoms with Gasteiger partial charge in [-0.1, -0.05) is 87.4 Å². The van der Waals surface area contributed by atoms with Crippen LogP contribution < -0.4 is 131 Å². The van der Waals surface area contributed by atoms with Crippen LogP contribution >= 0.6 is 0 Å². The molecule has 0 atom stereocenters. The predicted molar refractivity (Wildman–Crippen MR) is 371 cm³/mol. The van der Waals surface area contributed by atoms with Crippen LogP contribution in [0.2, 0.25) is 0 Å². The zero-order chi connectivity index (χ0) is 47.8. The fourth-order valence-corrected chi connectivity index (χ4v) is 13.0. The van der Waals surface area contributed by atoms with Crippen molar-refractivity contribution < 1.29 is 4.42 Å². The van der Waals surface area contributed by atoms with E-state index in [1.807, 2.05) is 0 Å². The number of fused-ring (bicyclic) bond motifs is 8. The second-order valence-corrected chi connectivity index (χ2v) is 21.0. The molecule has 9 rings (SSSR count).